The number of benzene rings is 2. The maximum atomic E-state index is 11.3. The normalized spacial score (nSPS) is 27.4. The molecule has 1 aliphatic rings. The van der Waals surface area contributed by atoms with Gasteiger partial charge < -0.3 is 30.5 Å². The molecule has 0 spiro atoms. The third-order valence-electron chi connectivity index (χ3n) is 4.28. The Labute approximate surface area is 164 Å². The van der Waals surface area contributed by atoms with Crippen molar-refractivity contribution in [2.75, 3.05) is 11.9 Å². The fourth-order valence-corrected chi connectivity index (χ4v) is 3.77. The van der Waals surface area contributed by atoms with Crippen molar-refractivity contribution in [1.82, 2.24) is 0 Å². The van der Waals surface area contributed by atoms with Crippen molar-refractivity contribution in [2.24, 2.45) is 0 Å². The number of nitrogens with zero attached hydrogens (tertiary/aromatic N) is 1. The molecule has 1 saturated heterocycles. The monoisotopic (exact) mass is 408 g/mol. The van der Waals surface area contributed by atoms with Crippen molar-refractivity contribution in [3.05, 3.63) is 58.6 Å². The molecule has 0 saturated carbocycles. The summed E-state index contributed by atoms with van der Waals surface area (Å²) >= 11 is 1.33. The lowest BCUT2D eigenvalue weighted by Gasteiger charge is -2.40. The molecule has 2 aromatic carbocycles. The first-order chi connectivity index (χ1) is 13.4. The van der Waals surface area contributed by atoms with E-state index in [9.17, 15) is 30.5 Å². The number of rotatable bonds is 6. The van der Waals surface area contributed by atoms with Crippen molar-refractivity contribution < 1.29 is 30.1 Å². The van der Waals surface area contributed by atoms with Crippen LogP contribution in [0.4, 0.5) is 11.4 Å². The zero-order valence-electron chi connectivity index (χ0n) is 14.6. The van der Waals surface area contributed by atoms with Crippen molar-refractivity contribution >= 4 is 23.1 Å². The van der Waals surface area contributed by atoms with Gasteiger partial charge in [0.25, 0.3) is 5.69 Å². The Balaban J connectivity index is 1.85. The molecule has 0 aliphatic carbocycles. The topological polar surface area (TPSA) is 145 Å². The Bertz CT molecular complexity index is 821. The molecule has 0 bridgehead atoms. The number of ether oxygens (including phenoxy) is 1. The lowest BCUT2D eigenvalue weighted by Crippen LogP contribution is -2.60. The summed E-state index contributed by atoms with van der Waals surface area (Å²) in [4.78, 5) is 12.2. The first-order valence-corrected chi connectivity index (χ1v) is 9.30. The largest absolute Gasteiger partial charge is 0.394 e. The summed E-state index contributed by atoms with van der Waals surface area (Å²) in [5, 5.41) is 53.3. The average molecular weight is 408 g/mol. The fourth-order valence-electron chi connectivity index (χ4n) is 2.84. The van der Waals surface area contributed by atoms with Crippen LogP contribution >= 0.6 is 11.8 Å². The van der Waals surface area contributed by atoms with Crippen LogP contribution in [0.25, 0.3) is 0 Å². The highest BCUT2D eigenvalue weighted by Crippen LogP contribution is 2.34. The zero-order chi connectivity index (χ0) is 20.3. The third-order valence-corrected chi connectivity index (χ3v) is 5.26. The second-order valence-corrected chi connectivity index (χ2v) is 7.43. The molecule has 150 valence electrons. The Kier molecular flexibility index (Phi) is 6.50. The molecular formula is C18H20N2O7S. The van der Waals surface area contributed by atoms with Gasteiger partial charge in [-0.15, -0.1) is 0 Å². The summed E-state index contributed by atoms with van der Waals surface area (Å²) in [6.45, 7) is -0.562. The fraction of sp³-hybridized carbons (Fsp3) is 0.333. The van der Waals surface area contributed by atoms with Crippen LogP contribution in [0.2, 0.25) is 0 Å². The number of anilines is 1. The van der Waals surface area contributed by atoms with Crippen LogP contribution < -0.4 is 5.32 Å². The van der Waals surface area contributed by atoms with Crippen LogP contribution in [0.3, 0.4) is 0 Å². The van der Waals surface area contributed by atoms with Crippen molar-refractivity contribution in [2.45, 2.75) is 40.4 Å². The molecule has 1 heterocycles. The van der Waals surface area contributed by atoms with E-state index in [1.807, 2.05) is 30.3 Å². The number of nitro groups is 1. The predicted molar refractivity (Wildman–Crippen MR) is 101 cm³/mol. The molecule has 5 N–H and O–H groups in total. The van der Waals surface area contributed by atoms with Crippen LogP contribution in [0.5, 0.6) is 0 Å². The molecule has 1 aliphatic heterocycles. The first-order valence-electron chi connectivity index (χ1n) is 8.48. The second kappa shape index (κ2) is 8.86. The summed E-state index contributed by atoms with van der Waals surface area (Å²) < 4.78 is 5.40. The van der Waals surface area contributed by atoms with Crippen molar-refractivity contribution in [1.29, 1.82) is 0 Å². The van der Waals surface area contributed by atoms with Crippen LogP contribution in [0.15, 0.2) is 58.3 Å². The second-order valence-electron chi connectivity index (χ2n) is 6.28. The van der Waals surface area contributed by atoms with E-state index >= 15 is 0 Å². The van der Waals surface area contributed by atoms with Crippen LogP contribution in [-0.2, 0) is 4.74 Å². The van der Waals surface area contributed by atoms with E-state index in [1.54, 1.807) is 6.07 Å². The first kappa shape index (κ1) is 20.5. The lowest BCUT2D eigenvalue weighted by atomic mass is 9.98. The van der Waals surface area contributed by atoms with E-state index in [2.05, 4.69) is 5.32 Å². The van der Waals surface area contributed by atoms with Crippen LogP contribution in [0.1, 0.15) is 0 Å². The summed E-state index contributed by atoms with van der Waals surface area (Å²) in [5.41, 5.74) is 0.130. The maximum absolute atomic E-state index is 11.3. The van der Waals surface area contributed by atoms with Gasteiger partial charge in [0.2, 0.25) is 0 Å². The van der Waals surface area contributed by atoms with Gasteiger partial charge in [0.05, 0.1) is 11.5 Å². The predicted octanol–water partition coefficient (Wildman–Crippen LogP) is 0.958. The number of non-ortho nitro benzene ring substituents is 1. The Morgan fingerprint density at radius 3 is 2.39 bits per heavy atom. The quantitative estimate of drug-likeness (QED) is 0.348. The van der Waals surface area contributed by atoms with Crippen LogP contribution in [-0.4, -0.2) is 62.6 Å². The summed E-state index contributed by atoms with van der Waals surface area (Å²) in [7, 11) is 0. The highest BCUT2D eigenvalue weighted by molar-refractivity contribution is 7.99. The number of hydrogen-bond donors (Lipinski definition) is 5. The smallest absolute Gasteiger partial charge is 0.272 e. The molecular weight excluding hydrogens is 388 g/mol. The number of aliphatic hydroxyl groups excluding tert-OH is 4. The Hall–Kier alpha value is -2.21. The van der Waals surface area contributed by atoms with Gasteiger partial charge >= 0.3 is 0 Å². The molecule has 3 rings (SSSR count). The van der Waals surface area contributed by atoms with Gasteiger partial charge in [-0.25, -0.2) is 0 Å². The van der Waals surface area contributed by atoms with Gasteiger partial charge in [-0.05, 0) is 18.2 Å². The van der Waals surface area contributed by atoms with E-state index < -0.39 is 42.2 Å². The van der Waals surface area contributed by atoms with E-state index in [-0.39, 0.29) is 11.4 Å². The number of nitro benzene ring substituents is 1. The minimum atomic E-state index is -1.54. The number of hydrogen-bond acceptors (Lipinski definition) is 9. The molecule has 10 heteroatoms. The summed E-state index contributed by atoms with van der Waals surface area (Å²) in [6, 6.07) is 13.7. The van der Waals surface area contributed by atoms with Crippen LogP contribution in [0, 0.1) is 10.1 Å². The Morgan fingerprint density at radius 1 is 1.04 bits per heavy atom. The lowest BCUT2D eigenvalue weighted by molar-refractivity contribution is -0.385. The summed E-state index contributed by atoms with van der Waals surface area (Å²) in [6.07, 6.45) is -6.77. The molecule has 0 aromatic heterocycles. The maximum Gasteiger partial charge on any atom is 0.272 e. The molecule has 5 atom stereocenters. The van der Waals surface area contributed by atoms with E-state index in [0.29, 0.717) is 4.90 Å². The van der Waals surface area contributed by atoms with Gasteiger partial charge in [0, 0.05) is 27.6 Å². The summed E-state index contributed by atoms with van der Waals surface area (Å²) in [5.74, 6) is 0. The third kappa shape index (κ3) is 4.61. The standard InChI is InChI=1S/C18H20N2O7S/c21-9-14-15(22)16(23)17(24)18(27-14)19-10-6-11(20(25)26)8-13(7-10)28-12-4-2-1-3-5-12/h1-8,14-19,21-24H,9H2/t14-,15+,16-,17-,18-/m1/s1. The van der Waals surface area contributed by atoms with Gasteiger partial charge in [0.1, 0.15) is 24.4 Å². The van der Waals surface area contributed by atoms with E-state index in [1.165, 1.54) is 23.9 Å². The van der Waals surface area contributed by atoms with E-state index in [4.69, 9.17) is 4.74 Å². The number of nitrogens with one attached hydrogen (secondary N) is 1. The van der Waals surface area contributed by atoms with Gasteiger partial charge in [-0.2, -0.15) is 0 Å². The molecule has 0 unspecified atom stereocenters. The zero-order valence-corrected chi connectivity index (χ0v) is 15.4. The molecule has 1 fully saturated rings. The minimum Gasteiger partial charge on any atom is -0.394 e. The molecule has 9 nitrogen and oxygen atoms in total. The molecule has 2 aromatic rings. The Morgan fingerprint density at radius 2 is 1.75 bits per heavy atom. The SMILES string of the molecule is O=[N+]([O-])c1cc(N[C@@H]2O[C@H](CO)[C@H](O)[C@@H](O)[C@H]2O)cc(Sc2ccccc2)c1. The molecule has 0 radical (unpaired) electrons. The van der Waals surface area contributed by atoms with Gasteiger partial charge in [-0.3, -0.25) is 10.1 Å². The highest BCUT2D eigenvalue weighted by Gasteiger charge is 2.43. The van der Waals surface area contributed by atoms with Crippen molar-refractivity contribution in [3.8, 4) is 0 Å². The minimum absolute atomic E-state index is 0.159. The van der Waals surface area contributed by atoms with Gasteiger partial charge in [0.15, 0.2) is 6.23 Å². The molecule has 0 amide bonds. The van der Waals surface area contributed by atoms with E-state index in [0.717, 1.165) is 4.90 Å². The molecule has 28 heavy (non-hydrogen) atoms. The average Bonchev–Trinajstić information content (AvgIpc) is 2.69. The number of aliphatic hydroxyl groups is 4. The van der Waals surface area contributed by atoms with Gasteiger partial charge in [-0.1, -0.05) is 30.0 Å². The van der Waals surface area contributed by atoms with Crippen molar-refractivity contribution in [3.63, 3.8) is 0 Å². The highest BCUT2D eigenvalue weighted by atomic mass is 32.2.